The Balaban J connectivity index is 2.39. The normalized spacial score (nSPS) is 12.1. The standard InChI is InChI=1S/C23H29NO5S/c1-7-18(15-11-13-16(27-5)14-12-15)30-19-10-8-9-17(21(25)28-6)20(19)24-22(26)29-23(2,3)4/h8-14,18H,7H2,1-6H3,(H,24,26). The number of hydrogen-bond donors (Lipinski definition) is 1. The van der Waals surface area contributed by atoms with E-state index in [0.29, 0.717) is 5.69 Å². The lowest BCUT2D eigenvalue weighted by molar-refractivity contribution is 0.0601. The maximum atomic E-state index is 12.4. The zero-order valence-corrected chi connectivity index (χ0v) is 19.1. The summed E-state index contributed by atoms with van der Waals surface area (Å²) in [4.78, 5) is 25.5. The molecule has 1 atom stereocenters. The number of anilines is 1. The minimum atomic E-state index is -0.660. The van der Waals surface area contributed by atoms with Crippen molar-refractivity contribution in [3.05, 3.63) is 53.6 Å². The molecule has 0 saturated carbocycles. The molecule has 0 aliphatic carbocycles. The van der Waals surface area contributed by atoms with Gasteiger partial charge in [0, 0.05) is 10.1 Å². The van der Waals surface area contributed by atoms with Crippen molar-refractivity contribution < 1.29 is 23.8 Å². The predicted octanol–water partition coefficient (Wildman–Crippen LogP) is 6.07. The van der Waals surface area contributed by atoms with E-state index in [0.717, 1.165) is 22.6 Å². The predicted molar refractivity (Wildman–Crippen MR) is 120 cm³/mol. The fourth-order valence-electron chi connectivity index (χ4n) is 2.80. The van der Waals surface area contributed by atoms with Gasteiger partial charge in [-0.15, -0.1) is 11.8 Å². The van der Waals surface area contributed by atoms with Crippen LogP contribution in [-0.4, -0.2) is 31.9 Å². The Kier molecular flexibility index (Phi) is 8.17. The fraction of sp³-hybridized carbons (Fsp3) is 0.391. The minimum Gasteiger partial charge on any atom is -0.497 e. The summed E-state index contributed by atoms with van der Waals surface area (Å²) in [5.41, 5.74) is 1.12. The van der Waals surface area contributed by atoms with Gasteiger partial charge in [-0.05, 0) is 57.0 Å². The summed E-state index contributed by atoms with van der Waals surface area (Å²) in [7, 11) is 2.94. The molecule has 0 saturated heterocycles. The summed E-state index contributed by atoms with van der Waals surface area (Å²) in [6, 6.07) is 13.1. The first-order valence-corrected chi connectivity index (χ1v) is 10.6. The van der Waals surface area contributed by atoms with Gasteiger partial charge in [-0.3, -0.25) is 5.32 Å². The maximum Gasteiger partial charge on any atom is 0.412 e. The van der Waals surface area contributed by atoms with E-state index < -0.39 is 17.7 Å². The Labute approximate surface area is 182 Å². The first-order chi connectivity index (χ1) is 14.2. The van der Waals surface area contributed by atoms with Gasteiger partial charge in [0.2, 0.25) is 0 Å². The van der Waals surface area contributed by atoms with Gasteiger partial charge in [-0.25, -0.2) is 9.59 Å². The van der Waals surface area contributed by atoms with Crippen molar-refractivity contribution in [3.63, 3.8) is 0 Å². The Morgan fingerprint density at radius 1 is 1.07 bits per heavy atom. The van der Waals surface area contributed by atoms with E-state index in [2.05, 4.69) is 12.2 Å². The van der Waals surface area contributed by atoms with Gasteiger partial charge >= 0.3 is 12.1 Å². The van der Waals surface area contributed by atoms with Crippen molar-refractivity contribution in [1.29, 1.82) is 0 Å². The smallest absolute Gasteiger partial charge is 0.412 e. The summed E-state index contributed by atoms with van der Waals surface area (Å²) in [6.07, 6.45) is 0.226. The summed E-state index contributed by atoms with van der Waals surface area (Å²) in [5.74, 6) is 0.263. The molecular weight excluding hydrogens is 402 g/mol. The number of thioether (sulfide) groups is 1. The van der Waals surface area contributed by atoms with Gasteiger partial charge in [0.05, 0.1) is 25.5 Å². The highest BCUT2D eigenvalue weighted by atomic mass is 32.2. The maximum absolute atomic E-state index is 12.4. The molecule has 6 nitrogen and oxygen atoms in total. The number of amides is 1. The van der Waals surface area contributed by atoms with Crippen LogP contribution in [0.2, 0.25) is 0 Å². The van der Waals surface area contributed by atoms with Crippen molar-refractivity contribution in [2.75, 3.05) is 19.5 Å². The number of rotatable bonds is 7. The second-order valence-electron chi connectivity index (χ2n) is 7.59. The van der Waals surface area contributed by atoms with Gasteiger partial charge in [-0.2, -0.15) is 0 Å². The van der Waals surface area contributed by atoms with E-state index in [1.165, 1.54) is 7.11 Å². The van der Waals surface area contributed by atoms with E-state index in [1.807, 2.05) is 30.3 Å². The van der Waals surface area contributed by atoms with Gasteiger partial charge in [0.25, 0.3) is 0 Å². The SMILES string of the molecule is CCC(Sc1cccc(C(=O)OC)c1NC(=O)OC(C)(C)C)c1ccc(OC)cc1. The zero-order valence-electron chi connectivity index (χ0n) is 18.3. The van der Waals surface area contributed by atoms with Crippen molar-refractivity contribution in [2.24, 2.45) is 0 Å². The lowest BCUT2D eigenvalue weighted by Gasteiger charge is -2.22. The van der Waals surface area contributed by atoms with Crippen LogP contribution in [0.5, 0.6) is 5.75 Å². The van der Waals surface area contributed by atoms with Crippen molar-refractivity contribution >= 4 is 29.5 Å². The zero-order chi connectivity index (χ0) is 22.3. The molecule has 0 aliphatic rings. The number of hydrogen-bond acceptors (Lipinski definition) is 6. The third kappa shape index (κ3) is 6.42. The molecule has 0 heterocycles. The van der Waals surface area contributed by atoms with Crippen LogP contribution in [0.1, 0.15) is 55.3 Å². The van der Waals surface area contributed by atoms with Crippen LogP contribution in [0.15, 0.2) is 47.4 Å². The second-order valence-corrected chi connectivity index (χ2v) is 8.83. The number of carbonyl (C=O) groups excluding carboxylic acids is 2. The van der Waals surface area contributed by atoms with Gasteiger partial charge in [0.1, 0.15) is 11.4 Å². The molecule has 30 heavy (non-hydrogen) atoms. The van der Waals surface area contributed by atoms with Crippen LogP contribution >= 0.6 is 11.8 Å². The highest BCUT2D eigenvalue weighted by molar-refractivity contribution is 7.99. The molecule has 0 bridgehead atoms. The highest BCUT2D eigenvalue weighted by Crippen LogP contribution is 2.42. The number of ether oxygens (including phenoxy) is 3. The summed E-state index contributed by atoms with van der Waals surface area (Å²) < 4.78 is 15.5. The quantitative estimate of drug-likeness (QED) is 0.423. The molecule has 2 aromatic rings. The van der Waals surface area contributed by atoms with Crippen LogP contribution in [0.3, 0.4) is 0 Å². The van der Waals surface area contributed by atoms with Crippen molar-refractivity contribution in [2.45, 2.75) is 49.9 Å². The molecule has 1 amide bonds. The monoisotopic (exact) mass is 431 g/mol. The minimum absolute atomic E-state index is 0.114. The Bertz CT molecular complexity index is 874. The summed E-state index contributed by atoms with van der Waals surface area (Å²) >= 11 is 1.57. The molecule has 0 spiro atoms. The van der Waals surface area contributed by atoms with Crippen LogP contribution in [0.4, 0.5) is 10.5 Å². The van der Waals surface area contributed by atoms with Crippen molar-refractivity contribution in [3.8, 4) is 5.75 Å². The molecule has 0 radical (unpaired) electrons. The number of methoxy groups -OCH3 is 2. The van der Waals surface area contributed by atoms with Crippen molar-refractivity contribution in [1.82, 2.24) is 0 Å². The third-order valence-corrected chi connectivity index (χ3v) is 5.67. The van der Waals surface area contributed by atoms with Crippen LogP contribution in [0, 0.1) is 0 Å². The second kappa shape index (κ2) is 10.4. The molecule has 7 heteroatoms. The largest absolute Gasteiger partial charge is 0.497 e. The molecule has 2 rings (SSSR count). The molecule has 1 N–H and O–H groups in total. The number of para-hydroxylation sites is 1. The average Bonchev–Trinajstić information content (AvgIpc) is 2.71. The molecule has 0 aliphatic heterocycles. The Morgan fingerprint density at radius 2 is 1.73 bits per heavy atom. The average molecular weight is 432 g/mol. The van der Waals surface area contributed by atoms with Crippen LogP contribution in [-0.2, 0) is 9.47 Å². The summed E-state index contributed by atoms with van der Waals surface area (Å²) in [5, 5.41) is 2.86. The Hall–Kier alpha value is -2.67. The van der Waals surface area contributed by atoms with Gasteiger partial charge in [-0.1, -0.05) is 25.1 Å². The fourth-order valence-corrected chi connectivity index (χ4v) is 4.01. The van der Waals surface area contributed by atoms with Gasteiger partial charge in [0.15, 0.2) is 0 Å². The van der Waals surface area contributed by atoms with E-state index >= 15 is 0 Å². The van der Waals surface area contributed by atoms with E-state index in [1.54, 1.807) is 51.8 Å². The van der Waals surface area contributed by atoms with E-state index in [-0.39, 0.29) is 10.8 Å². The Morgan fingerprint density at radius 3 is 2.27 bits per heavy atom. The highest BCUT2D eigenvalue weighted by Gasteiger charge is 2.23. The third-order valence-electron chi connectivity index (χ3n) is 4.19. The molecule has 0 fully saturated rings. The van der Waals surface area contributed by atoms with Gasteiger partial charge < -0.3 is 14.2 Å². The number of esters is 1. The lowest BCUT2D eigenvalue weighted by Crippen LogP contribution is -2.28. The number of benzene rings is 2. The molecule has 2 aromatic carbocycles. The number of nitrogens with one attached hydrogen (secondary N) is 1. The number of carbonyl (C=O) groups is 2. The molecule has 0 aromatic heterocycles. The van der Waals surface area contributed by atoms with Crippen LogP contribution < -0.4 is 10.1 Å². The topological polar surface area (TPSA) is 73.9 Å². The first kappa shape index (κ1) is 23.6. The first-order valence-electron chi connectivity index (χ1n) is 9.70. The molecule has 1 unspecified atom stereocenters. The molecular formula is C23H29NO5S. The summed E-state index contributed by atoms with van der Waals surface area (Å²) in [6.45, 7) is 7.44. The lowest BCUT2D eigenvalue weighted by atomic mass is 10.1. The van der Waals surface area contributed by atoms with Crippen LogP contribution in [0.25, 0.3) is 0 Å². The van der Waals surface area contributed by atoms with E-state index in [4.69, 9.17) is 14.2 Å². The van der Waals surface area contributed by atoms with E-state index in [9.17, 15) is 9.59 Å². The molecule has 162 valence electrons.